The minimum absolute atomic E-state index is 0.312. The second-order valence-corrected chi connectivity index (χ2v) is 5.28. The Balaban J connectivity index is 2.88. The Hall–Kier alpha value is 0.0600. The summed E-state index contributed by atoms with van der Waals surface area (Å²) in [4.78, 5) is 0. The number of fused-ring (bicyclic) bond motifs is 1. The lowest BCUT2D eigenvalue weighted by Crippen LogP contribution is -1.67. The molecule has 0 saturated carbocycles. The fourth-order valence-electron chi connectivity index (χ4n) is 1.04. The van der Waals surface area contributed by atoms with Gasteiger partial charge in [0.05, 0.1) is 4.21 Å². The third kappa shape index (κ3) is 1.31. The van der Waals surface area contributed by atoms with Gasteiger partial charge in [-0.2, -0.15) is 0 Å². The van der Waals surface area contributed by atoms with Gasteiger partial charge in [0.15, 0.2) is 0 Å². The maximum Gasteiger partial charge on any atom is 0.116 e. The van der Waals surface area contributed by atoms with Crippen molar-refractivity contribution in [2.75, 3.05) is 0 Å². The molecule has 1 aromatic carbocycles. The number of halogens is 1. The molecule has 0 saturated heterocycles. The largest absolute Gasteiger partial charge is 0.508 e. The highest BCUT2D eigenvalue weighted by Gasteiger charge is 2.06. The van der Waals surface area contributed by atoms with Gasteiger partial charge < -0.3 is 5.11 Å². The molecule has 0 spiro atoms. The van der Waals surface area contributed by atoms with Gasteiger partial charge in [0.1, 0.15) is 5.75 Å². The number of thiol groups is 1. The fraction of sp³-hybridized carbons (Fsp3) is 0. The van der Waals surface area contributed by atoms with Crippen LogP contribution in [0.1, 0.15) is 0 Å². The lowest BCUT2D eigenvalue weighted by Gasteiger charge is -1.91. The van der Waals surface area contributed by atoms with Crippen LogP contribution in [0, 0.1) is 3.57 Å². The van der Waals surface area contributed by atoms with Gasteiger partial charge in [0, 0.05) is 13.7 Å². The lowest BCUT2D eigenvalue weighted by atomic mass is 10.2. The summed E-state index contributed by atoms with van der Waals surface area (Å²) in [7, 11) is 0. The summed E-state index contributed by atoms with van der Waals surface area (Å²) >= 11 is 8.19. The lowest BCUT2D eigenvalue weighted by molar-refractivity contribution is 0.476. The van der Waals surface area contributed by atoms with Gasteiger partial charge in [-0.3, -0.25) is 0 Å². The average molecular weight is 308 g/mol. The average Bonchev–Trinajstić information content (AvgIpc) is 2.31. The molecule has 0 radical (unpaired) electrons. The first-order valence-corrected chi connectivity index (χ1v) is 5.62. The number of phenols is 1. The van der Waals surface area contributed by atoms with Crippen LogP contribution >= 0.6 is 46.6 Å². The van der Waals surface area contributed by atoms with E-state index in [1.165, 1.54) is 4.70 Å². The Bertz CT molecular complexity index is 436. The normalized spacial score (nSPS) is 10.8. The minimum Gasteiger partial charge on any atom is -0.508 e. The molecule has 0 aliphatic heterocycles. The zero-order valence-corrected chi connectivity index (χ0v) is 9.78. The highest BCUT2D eigenvalue weighted by atomic mass is 127. The van der Waals surface area contributed by atoms with E-state index in [2.05, 4.69) is 35.2 Å². The van der Waals surface area contributed by atoms with Gasteiger partial charge in [0.2, 0.25) is 0 Å². The predicted octanol–water partition coefficient (Wildman–Crippen LogP) is 3.50. The molecule has 0 unspecified atom stereocenters. The molecule has 1 heterocycles. The van der Waals surface area contributed by atoms with E-state index in [9.17, 15) is 5.11 Å². The topological polar surface area (TPSA) is 20.2 Å². The molecule has 62 valence electrons. The molecule has 12 heavy (non-hydrogen) atoms. The summed E-state index contributed by atoms with van der Waals surface area (Å²) in [6, 6.07) is 5.38. The van der Waals surface area contributed by atoms with E-state index in [1.54, 1.807) is 23.5 Å². The predicted molar refractivity (Wildman–Crippen MR) is 63.5 cm³/mol. The van der Waals surface area contributed by atoms with Crippen LogP contribution in [-0.2, 0) is 0 Å². The number of hydrogen-bond acceptors (Lipinski definition) is 3. The summed E-state index contributed by atoms with van der Waals surface area (Å²) in [5.41, 5.74) is 0. The second kappa shape index (κ2) is 3.08. The minimum atomic E-state index is 0.312. The molecule has 0 aliphatic rings. The van der Waals surface area contributed by atoms with Gasteiger partial charge in [-0.05, 0) is 40.8 Å². The zero-order valence-electron chi connectivity index (χ0n) is 5.91. The van der Waals surface area contributed by atoms with Gasteiger partial charge in [-0.1, -0.05) is 0 Å². The van der Waals surface area contributed by atoms with Crippen LogP contribution in [0.25, 0.3) is 10.1 Å². The summed E-state index contributed by atoms with van der Waals surface area (Å²) in [6.45, 7) is 0. The van der Waals surface area contributed by atoms with Gasteiger partial charge in [-0.15, -0.1) is 24.0 Å². The van der Waals surface area contributed by atoms with Crippen molar-refractivity contribution in [3.8, 4) is 5.75 Å². The van der Waals surface area contributed by atoms with E-state index in [1.807, 2.05) is 6.07 Å². The zero-order chi connectivity index (χ0) is 8.72. The monoisotopic (exact) mass is 308 g/mol. The fourth-order valence-corrected chi connectivity index (χ4v) is 3.23. The third-order valence-electron chi connectivity index (χ3n) is 1.59. The van der Waals surface area contributed by atoms with Crippen LogP contribution < -0.4 is 0 Å². The molecule has 1 N–H and O–H groups in total. The van der Waals surface area contributed by atoms with Crippen LogP contribution in [0.4, 0.5) is 0 Å². The van der Waals surface area contributed by atoms with E-state index in [-0.39, 0.29) is 0 Å². The molecule has 4 heteroatoms. The number of phenolic OH excluding ortho intramolecular Hbond substituents is 1. The highest BCUT2D eigenvalue weighted by Crippen LogP contribution is 2.36. The van der Waals surface area contributed by atoms with E-state index in [4.69, 9.17) is 0 Å². The number of thiophene rings is 1. The summed E-state index contributed by atoms with van der Waals surface area (Å²) < 4.78 is 3.30. The molecular weight excluding hydrogens is 303 g/mol. The quantitative estimate of drug-likeness (QED) is 0.564. The summed E-state index contributed by atoms with van der Waals surface area (Å²) in [5, 5.41) is 10.3. The van der Waals surface area contributed by atoms with Crippen LogP contribution in [-0.4, -0.2) is 5.11 Å². The van der Waals surface area contributed by atoms with Crippen molar-refractivity contribution in [2.45, 2.75) is 4.21 Å². The molecule has 1 nitrogen and oxygen atoms in total. The Morgan fingerprint density at radius 3 is 2.92 bits per heavy atom. The molecule has 2 aromatic rings. The maximum absolute atomic E-state index is 9.24. The Morgan fingerprint density at radius 2 is 2.17 bits per heavy atom. The van der Waals surface area contributed by atoms with Gasteiger partial charge in [-0.25, -0.2) is 0 Å². The van der Waals surface area contributed by atoms with Crippen molar-refractivity contribution >= 4 is 56.6 Å². The molecule has 0 fully saturated rings. The second-order valence-electron chi connectivity index (χ2n) is 2.40. The Labute approximate surface area is 93.0 Å². The number of hydrogen-bond donors (Lipinski definition) is 2. The Morgan fingerprint density at radius 1 is 1.42 bits per heavy atom. The molecule has 0 atom stereocenters. The van der Waals surface area contributed by atoms with Crippen LogP contribution in [0.2, 0.25) is 0 Å². The third-order valence-corrected chi connectivity index (χ3v) is 4.98. The van der Waals surface area contributed by atoms with Crippen molar-refractivity contribution < 1.29 is 5.11 Å². The van der Waals surface area contributed by atoms with Crippen molar-refractivity contribution in [1.29, 1.82) is 0 Å². The van der Waals surface area contributed by atoms with E-state index >= 15 is 0 Å². The van der Waals surface area contributed by atoms with E-state index in [0.29, 0.717) is 5.75 Å². The molecule has 0 aliphatic carbocycles. The van der Waals surface area contributed by atoms with Crippen molar-refractivity contribution in [1.82, 2.24) is 0 Å². The highest BCUT2D eigenvalue weighted by molar-refractivity contribution is 14.1. The van der Waals surface area contributed by atoms with Crippen molar-refractivity contribution in [3.63, 3.8) is 0 Å². The smallest absolute Gasteiger partial charge is 0.116 e. The standard InChI is InChI=1S/C8H5IOS2/c9-7-5-3-4(10)1-2-6(5)12-8(7)11/h1-3,10-11H. The van der Waals surface area contributed by atoms with Crippen LogP contribution in [0.15, 0.2) is 22.4 Å². The SMILES string of the molecule is Oc1ccc2sc(S)c(I)c2c1. The molecule has 0 bridgehead atoms. The summed E-state index contributed by atoms with van der Waals surface area (Å²) in [5.74, 6) is 0.312. The molecule has 2 rings (SSSR count). The van der Waals surface area contributed by atoms with Gasteiger partial charge in [0.25, 0.3) is 0 Å². The first-order valence-electron chi connectivity index (χ1n) is 3.28. The molecule has 0 amide bonds. The number of aromatic hydroxyl groups is 1. The first-order chi connectivity index (χ1) is 5.68. The molecule has 1 aromatic heterocycles. The van der Waals surface area contributed by atoms with Gasteiger partial charge >= 0.3 is 0 Å². The van der Waals surface area contributed by atoms with Crippen molar-refractivity contribution in [2.24, 2.45) is 0 Å². The van der Waals surface area contributed by atoms with Crippen LogP contribution in [0.5, 0.6) is 5.75 Å². The number of rotatable bonds is 0. The molecular formula is C8H5IOS2. The number of benzene rings is 1. The first kappa shape index (κ1) is 8.65. The summed E-state index contributed by atoms with van der Waals surface area (Å²) in [6.07, 6.45) is 0. The maximum atomic E-state index is 9.24. The van der Waals surface area contributed by atoms with E-state index in [0.717, 1.165) is 13.2 Å². The van der Waals surface area contributed by atoms with E-state index < -0.39 is 0 Å². The Kier molecular flexibility index (Phi) is 2.22. The van der Waals surface area contributed by atoms with Crippen LogP contribution in [0.3, 0.4) is 0 Å². The van der Waals surface area contributed by atoms with Crippen molar-refractivity contribution in [3.05, 3.63) is 21.8 Å².